The molecule has 1 fully saturated rings. The van der Waals surface area contributed by atoms with E-state index in [2.05, 4.69) is 38.1 Å². The van der Waals surface area contributed by atoms with Gasteiger partial charge in [0.25, 0.3) is 0 Å². The molecule has 1 N–H and O–H groups in total. The molecule has 1 aromatic carbocycles. The van der Waals surface area contributed by atoms with Gasteiger partial charge in [-0.2, -0.15) is 0 Å². The maximum Gasteiger partial charge on any atom is 0.0855 e. The summed E-state index contributed by atoms with van der Waals surface area (Å²) in [5.41, 5.74) is 2.53. The highest BCUT2D eigenvalue weighted by Crippen LogP contribution is 2.45. The zero-order chi connectivity index (χ0) is 14.2. The molecule has 0 bridgehead atoms. The van der Waals surface area contributed by atoms with E-state index < -0.39 is 5.60 Å². The molecule has 0 amide bonds. The summed E-state index contributed by atoms with van der Waals surface area (Å²) in [7, 11) is 0. The lowest BCUT2D eigenvalue weighted by Gasteiger charge is -2.42. The van der Waals surface area contributed by atoms with Gasteiger partial charge in [-0.25, -0.2) is 0 Å². The van der Waals surface area contributed by atoms with Crippen LogP contribution in [0.1, 0.15) is 63.2 Å². The summed E-state index contributed by atoms with van der Waals surface area (Å²) >= 11 is 0. The summed E-state index contributed by atoms with van der Waals surface area (Å²) in [6, 6.07) is 8.53. The molecule has 2 nitrogen and oxygen atoms in total. The molecule has 2 aliphatic rings. The van der Waals surface area contributed by atoms with Crippen molar-refractivity contribution in [2.24, 2.45) is 5.41 Å². The van der Waals surface area contributed by atoms with Crippen LogP contribution in [0, 0.1) is 5.41 Å². The Labute approximate surface area is 122 Å². The van der Waals surface area contributed by atoms with Gasteiger partial charge in [0.2, 0.25) is 0 Å². The first-order valence-corrected chi connectivity index (χ1v) is 7.89. The molecule has 1 atom stereocenters. The minimum Gasteiger partial charge on any atom is -0.390 e. The fourth-order valence-corrected chi connectivity index (χ4v) is 3.59. The van der Waals surface area contributed by atoms with Gasteiger partial charge >= 0.3 is 0 Å². The molecule has 1 unspecified atom stereocenters. The van der Waals surface area contributed by atoms with Gasteiger partial charge in [0.05, 0.1) is 18.3 Å². The molecule has 2 heteroatoms. The number of aliphatic hydroxyl groups is 1. The summed E-state index contributed by atoms with van der Waals surface area (Å²) < 4.78 is 5.96. The molecule has 110 valence electrons. The topological polar surface area (TPSA) is 29.5 Å². The van der Waals surface area contributed by atoms with Gasteiger partial charge in [0.1, 0.15) is 0 Å². The minimum absolute atomic E-state index is 0.0752. The highest BCUT2D eigenvalue weighted by Gasteiger charge is 2.39. The fraction of sp³-hybridized carbons (Fsp3) is 0.667. The predicted octanol–water partition coefficient (Wildman–Crippen LogP) is 4.02. The largest absolute Gasteiger partial charge is 0.390 e. The van der Waals surface area contributed by atoms with Crippen LogP contribution in [0.15, 0.2) is 24.3 Å². The molecule has 0 aromatic heterocycles. The third-order valence-electron chi connectivity index (χ3n) is 5.19. The molecule has 1 heterocycles. The molecular formula is C18H26O2. The Morgan fingerprint density at radius 3 is 2.60 bits per heavy atom. The second-order valence-electron chi connectivity index (χ2n) is 7.40. The molecule has 20 heavy (non-hydrogen) atoms. The van der Waals surface area contributed by atoms with Gasteiger partial charge in [-0.3, -0.25) is 0 Å². The van der Waals surface area contributed by atoms with Crippen molar-refractivity contribution in [3.63, 3.8) is 0 Å². The zero-order valence-corrected chi connectivity index (χ0v) is 12.7. The van der Waals surface area contributed by atoms with Gasteiger partial charge in [0, 0.05) is 6.42 Å². The van der Waals surface area contributed by atoms with E-state index in [0.717, 1.165) is 45.1 Å². The van der Waals surface area contributed by atoms with E-state index in [1.165, 1.54) is 11.1 Å². The Morgan fingerprint density at radius 2 is 1.85 bits per heavy atom. The number of fused-ring (bicyclic) bond motifs is 1. The number of hydrogen-bond donors (Lipinski definition) is 1. The van der Waals surface area contributed by atoms with E-state index in [1.54, 1.807) is 0 Å². The van der Waals surface area contributed by atoms with Crippen LogP contribution in [0.25, 0.3) is 0 Å². The smallest absolute Gasteiger partial charge is 0.0855 e. The number of rotatable bonds is 2. The SMILES string of the molecule is CC1(C)CCC(O)(CC2OCCc3ccccc32)CC1. The average Bonchev–Trinajstić information content (AvgIpc) is 2.43. The molecular weight excluding hydrogens is 248 g/mol. The maximum absolute atomic E-state index is 10.9. The normalized spacial score (nSPS) is 27.9. The van der Waals surface area contributed by atoms with E-state index in [9.17, 15) is 5.11 Å². The van der Waals surface area contributed by atoms with Gasteiger partial charge < -0.3 is 9.84 Å². The Kier molecular flexibility index (Phi) is 3.64. The lowest BCUT2D eigenvalue weighted by atomic mass is 9.69. The van der Waals surface area contributed by atoms with Crippen LogP contribution in [0.2, 0.25) is 0 Å². The third-order valence-corrected chi connectivity index (χ3v) is 5.19. The summed E-state index contributed by atoms with van der Waals surface area (Å²) in [6.45, 7) is 5.39. The van der Waals surface area contributed by atoms with E-state index in [1.807, 2.05) is 0 Å². The van der Waals surface area contributed by atoms with Crippen LogP contribution >= 0.6 is 0 Å². The summed E-state index contributed by atoms with van der Waals surface area (Å²) in [4.78, 5) is 0. The number of hydrogen-bond acceptors (Lipinski definition) is 2. The Bertz CT molecular complexity index is 468. The quantitative estimate of drug-likeness (QED) is 0.882. The van der Waals surface area contributed by atoms with Crippen molar-refractivity contribution in [2.75, 3.05) is 6.61 Å². The standard InChI is InChI=1S/C18H26O2/c1-17(2)8-10-18(19,11-9-17)13-16-15-6-4-3-5-14(15)7-12-20-16/h3-6,16,19H,7-13H2,1-2H3. The monoisotopic (exact) mass is 274 g/mol. The van der Waals surface area contributed by atoms with E-state index in [0.29, 0.717) is 5.41 Å². The molecule has 1 aromatic rings. The van der Waals surface area contributed by atoms with Crippen molar-refractivity contribution in [1.82, 2.24) is 0 Å². The average molecular weight is 274 g/mol. The molecule has 1 aliphatic carbocycles. The Hall–Kier alpha value is -0.860. The highest BCUT2D eigenvalue weighted by atomic mass is 16.5. The second kappa shape index (κ2) is 5.16. The van der Waals surface area contributed by atoms with Gasteiger partial charge in [-0.1, -0.05) is 38.1 Å². The summed E-state index contributed by atoms with van der Waals surface area (Å²) in [6.07, 6.45) is 5.85. The first-order chi connectivity index (χ1) is 9.48. The molecule has 0 spiro atoms. The van der Waals surface area contributed by atoms with E-state index >= 15 is 0 Å². The van der Waals surface area contributed by atoms with Crippen LogP contribution in [0.3, 0.4) is 0 Å². The van der Waals surface area contributed by atoms with Crippen molar-refractivity contribution in [3.05, 3.63) is 35.4 Å². The van der Waals surface area contributed by atoms with Gasteiger partial charge in [-0.15, -0.1) is 0 Å². The molecule has 3 rings (SSSR count). The van der Waals surface area contributed by atoms with Gasteiger partial charge in [0.15, 0.2) is 0 Å². The minimum atomic E-state index is -0.537. The van der Waals surface area contributed by atoms with Gasteiger partial charge in [-0.05, 0) is 48.6 Å². The van der Waals surface area contributed by atoms with Crippen molar-refractivity contribution < 1.29 is 9.84 Å². The van der Waals surface area contributed by atoms with Crippen molar-refractivity contribution >= 4 is 0 Å². The van der Waals surface area contributed by atoms with Crippen LogP contribution < -0.4 is 0 Å². The van der Waals surface area contributed by atoms with Crippen molar-refractivity contribution in [3.8, 4) is 0 Å². The molecule has 1 saturated carbocycles. The molecule has 0 saturated heterocycles. The van der Waals surface area contributed by atoms with Crippen molar-refractivity contribution in [1.29, 1.82) is 0 Å². The zero-order valence-electron chi connectivity index (χ0n) is 12.7. The first-order valence-electron chi connectivity index (χ1n) is 7.89. The highest BCUT2D eigenvalue weighted by molar-refractivity contribution is 5.31. The predicted molar refractivity (Wildman–Crippen MR) is 80.7 cm³/mol. The first kappa shape index (κ1) is 14.1. The lowest BCUT2D eigenvalue weighted by Crippen LogP contribution is -2.39. The molecule has 0 radical (unpaired) electrons. The molecule has 1 aliphatic heterocycles. The Balaban J connectivity index is 1.73. The lowest BCUT2D eigenvalue weighted by molar-refractivity contribution is -0.0790. The number of benzene rings is 1. The van der Waals surface area contributed by atoms with E-state index in [-0.39, 0.29) is 6.10 Å². The van der Waals surface area contributed by atoms with Crippen molar-refractivity contribution in [2.45, 2.75) is 64.1 Å². The van der Waals surface area contributed by atoms with Crippen LogP contribution in [-0.4, -0.2) is 17.3 Å². The maximum atomic E-state index is 10.9. The fourth-order valence-electron chi connectivity index (χ4n) is 3.59. The van der Waals surface area contributed by atoms with Crippen LogP contribution in [0.4, 0.5) is 0 Å². The number of ether oxygens (including phenoxy) is 1. The Morgan fingerprint density at radius 1 is 1.15 bits per heavy atom. The van der Waals surface area contributed by atoms with E-state index in [4.69, 9.17) is 4.74 Å². The second-order valence-corrected chi connectivity index (χ2v) is 7.40. The van der Waals surface area contributed by atoms with Crippen LogP contribution in [0.5, 0.6) is 0 Å². The van der Waals surface area contributed by atoms with Crippen LogP contribution in [-0.2, 0) is 11.2 Å². The third kappa shape index (κ3) is 2.91. The summed E-state index contributed by atoms with van der Waals surface area (Å²) in [5, 5.41) is 10.9. The summed E-state index contributed by atoms with van der Waals surface area (Å²) in [5.74, 6) is 0.